The van der Waals surface area contributed by atoms with Crippen molar-refractivity contribution in [1.29, 1.82) is 0 Å². The van der Waals surface area contributed by atoms with Crippen LogP contribution in [-0.2, 0) is 38.3 Å². The first-order chi connectivity index (χ1) is 26.3. The maximum absolute atomic E-state index is 13.2. The second-order valence-electron chi connectivity index (χ2n) is 13.6. The average Bonchev–Trinajstić information content (AvgIpc) is 3.14. The van der Waals surface area contributed by atoms with Gasteiger partial charge in [-0.25, -0.2) is 4.79 Å². The number of carboxylic acid groups (broad SMARTS) is 1. The van der Waals surface area contributed by atoms with Crippen molar-refractivity contribution in [3.05, 3.63) is 36.6 Å². The molecule has 5 amide bonds. The molecule has 0 aromatic heterocycles. The molecule has 0 aromatic rings. The Balaban J connectivity index is 2.49. The molecule has 1 saturated heterocycles. The summed E-state index contributed by atoms with van der Waals surface area (Å²) in [7, 11) is 0. The molecular formula is C38H61N5O12. The van der Waals surface area contributed by atoms with Crippen molar-refractivity contribution in [2.45, 2.75) is 121 Å². The molecule has 1 aliphatic heterocycles. The van der Waals surface area contributed by atoms with E-state index >= 15 is 0 Å². The van der Waals surface area contributed by atoms with Crippen LogP contribution in [0.25, 0.3) is 0 Å². The number of amides is 5. The molecule has 1 heterocycles. The fraction of sp³-hybridized carbons (Fsp3) is 0.658. The van der Waals surface area contributed by atoms with E-state index < -0.39 is 97.3 Å². The van der Waals surface area contributed by atoms with Crippen LogP contribution in [0, 0.1) is 11.8 Å². The highest BCUT2D eigenvalue weighted by Gasteiger charge is 2.34. The summed E-state index contributed by atoms with van der Waals surface area (Å²) in [4.78, 5) is 87.5. The minimum Gasteiger partial charge on any atom is -0.481 e. The van der Waals surface area contributed by atoms with Crippen molar-refractivity contribution in [3.8, 4) is 0 Å². The maximum atomic E-state index is 13.2. The molecule has 5 unspecified atom stereocenters. The molecule has 17 nitrogen and oxygen atoms in total. The van der Waals surface area contributed by atoms with Crippen LogP contribution in [0.1, 0.15) is 97.3 Å². The number of carboxylic acids is 1. The number of aliphatic carboxylic acids is 1. The first-order valence-corrected chi connectivity index (χ1v) is 19.1. The van der Waals surface area contributed by atoms with E-state index in [1.54, 1.807) is 19.9 Å². The van der Waals surface area contributed by atoms with Gasteiger partial charge in [-0.1, -0.05) is 57.8 Å². The summed E-state index contributed by atoms with van der Waals surface area (Å²) in [5.74, 6) is -6.69. The Kier molecular flexibility index (Phi) is 25.3. The van der Waals surface area contributed by atoms with Gasteiger partial charge in [-0.2, -0.15) is 0 Å². The maximum Gasteiger partial charge on any atom is 0.331 e. The second kappa shape index (κ2) is 28.8. The molecule has 310 valence electrons. The van der Waals surface area contributed by atoms with Crippen LogP contribution in [-0.4, -0.2) is 112 Å². The van der Waals surface area contributed by atoms with Crippen LogP contribution in [0.2, 0.25) is 0 Å². The fourth-order valence-electron chi connectivity index (χ4n) is 5.50. The number of unbranched alkanes of at least 4 members (excludes halogenated alkanes) is 8. The highest BCUT2D eigenvalue weighted by molar-refractivity contribution is 5.97. The van der Waals surface area contributed by atoms with Crippen molar-refractivity contribution in [2.24, 2.45) is 11.8 Å². The van der Waals surface area contributed by atoms with Crippen LogP contribution in [0.3, 0.4) is 0 Å². The lowest BCUT2D eigenvalue weighted by atomic mass is 9.98. The van der Waals surface area contributed by atoms with Gasteiger partial charge in [0.15, 0.2) is 6.04 Å². The monoisotopic (exact) mass is 779 g/mol. The molecule has 0 aromatic carbocycles. The number of ether oxygens (including phenoxy) is 1. The third-order valence-electron chi connectivity index (χ3n) is 8.74. The summed E-state index contributed by atoms with van der Waals surface area (Å²) in [5, 5.41) is 49.0. The highest BCUT2D eigenvalue weighted by atomic mass is 16.5. The third-order valence-corrected chi connectivity index (χ3v) is 8.74. The number of nitrogens with one attached hydrogen (secondary N) is 5. The van der Waals surface area contributed by atoms with Gasteiger partial charge < -0.3 is 51.7 Å². The van der Waals surface area contributed by atoms with Gasteiger partial charge in [-0.15, -0.1) is 0 Å². The van der Waals surface area contributed by atoms with Gasteiger partial charge in [0.05, 0.1) is 12.5 Å². The Morgan fingerprint density at radius 2 is 1.36 bits per heavy atom. The van der Waals surface area contributed by atoms with Gasteiger partial charge in [-0.3, -0.25) is 28.8 Å². The zero-order chi connectivity index (χ0) is 41.0. The van der Waals surface area contributed by atoms with Crippen LogP contribution >= 0.6 is 0 Å². The summed E-state index contributed by atoms with van der Waals surface area (Å²) < 4.78 is 5.12. The second-order valence-corrected chi connectivity index (χ2v) is 13.6. The van der Waals surface area contributed by atoms with Gasteiger partial charge in [0.1, 0.15) is 24.7 Å². The Morgan fingerprint density at radius 1 is 0.745 bits per heavy atom. The first-order valence-electron chi connectivity index (χ1n) is 19.1. The molecule has 0 spiro atoms. The van der Waals surface area contributed by atoms with Crippen LogP contribution in [0.15, 0.2) is 36.6 Å². The van der Waals surface area contributed by atoms with E-state index in [4.69, 9.17) is 14.9 Å². The van der Waals surface area contributed by atoms with E-state index in [1.165, 1.54) is 6.08 Å². The van der Waals surface area contributed by atoms with Gasteiger partial charge in [0.2, 0.25) is 29.5 Å². The predicted octanol–water partition coefficient (Wildman–Crippen LogP) is 0.630. The van der Waals surface area contributed by atoms with Crippen molar-refractivity contribution in [1.82, 2.24) is 26.6 Å². The quantitative estimate of drug-likeness (QED) is 0.0283. The molecule has 9 N–H and O–H groups in total. The molecule has 0 radical (unpaired) electrons. The van der Waals surface area contributed by atoms with E-state index in [2.05, 4.69) is 38.7 Å². The minimum atomic E-state index is -1.55. The summed E-state index contributed by atoms with van der Waals surface area (Å²) >= 11 is 0. The number of cyclic esters (lactones) is 1. The average molecular weight is 780 g/mol. The normalized spacial score (nSPS) is 20.6. The van der Waals surface area contributed by atoms with E-state index in [0.717, 1.165) is 70.1 Å². The van der Waals surface area contributed by atoms with Gasteiger partial charge in [0, 0.05) is 25.5 Å². The number of hydrogen-bond acceptors (Lipinski definition) is 11. The lowest BCUT2D eigenvalue weighted by Crippen LogP contribution is -2.59. The molecule has 0 bridgehead atoms. The van der Waals surface area contributed by atoms with E-state index in [9.17, 15) is 43.8 Å². The summed E-state index contributed by atoms with van der Waals surface area (Å²) in [6.07, 6.45) is 19.6. The van der Waals surface area contributed by atoms with E-state index in [0.29, 0.717) is 19.3 Å². The molecule has 0 saturated carbocycles. The van der Waals surface area contributed by atoms with Crippen molar-refractivity contribution in [3.63, 3.8) is 0 Å². The van der Waals surface area contributed by atoms with Crippen molar-refractivity contribution >= 4 is 41.5 Å². The topological polar surface area (TPSA) is 270 Å². The number of hydrogen-bond donors (Lipinski definition) is 9. The van der Waals surface area contributed by atoms with Crippen LogP contribution in [0.5, 0.6) is 0 Å². The summed E-state index contributed by atoms with van der Waals surface area (Å²) in [6.45, 7) is 1.11. The van der Waals surface area contributed by atoms with Crippen molar-refractivity contribution < 1.29 is 58.7 Å². The zero-order valence-electron chi connectivity index (χ0n) is 32.0. The largest absolute Gasteiger partial charge is 0.481 e. The lowest BCUT2D eigenvalue weighted by Gasteiger charge is -2.26. The number of allylic oxidation sites excluding steroid dienone is 3. The van der Waals surface area contributed by atoms with E-state index in [1.807, 2.05) is 0 Å². The SMILES string of the molecule is CC(C)C1NC(=O)C(NC(=O)C=CNC(=O)C=CCCCCCCCC=CCCCCC(CCO)C(=O)O)COC(=O)C(CO)NC(=O)C(CCO)NC1=O. The number of carbonyl (C=O) groups is 7. The third kappa shape index (κ3) is 21.2. The Bertz CT molecular complexity index is 1320. The number of rotatable bonds is 24. The number of aliphatic hydroxyl groups is 3. The standard InChI is InChI=1S/C38H61N5O12/c1-26(2)33-36(51)41-28(20-23-45)34(49)42-29(24-46)38(54)55-25-30(35(50)43-33)40-32(48)18-21-39-31(47)17-15-13-11-9-7-5-3-4-6-8-10-12-14-16-27(19-22-44)37(52)53/h6,8,15,17-18,21,26-30,33,44-46H,3-5,7,9-14,16,19-20,22-25H2,1-2H3,(H,39,47)(H,40,48)(H,41,51)(H,42,49)(H,43,50)(H,52,53). The van der Waals surface area contributed by atoms with Gasteiger partial charge in [0.25, 0.3) is 0 Å². The smallest absolute Gasteiger partial charge is 0.331 e. The minimum absolute atomic E-state index is 0.106. The number of carbonyl (C=O) groups excluding carboxylic acids is 6. The molecule has 0 aliphatic carbocycles. The first kappa shape index (κ1) is 48.4. The van der Waals surface area contributed by atoms with E-state index in [-0.39, 0.29) is 13.0 Å². The number of esters is 1. The molecule has 1 aliphatic rings. The summed E-state index contributed by atoms with van der Waals surface area (Å²) in [5.41, 5.74) is 0. The molecule has 1 rings (SSSR count). The van der Waals surface area contributed by atoms with Crippen LogP contribution in [0.4, 0.5) is 0 Å². The molecular weight excluding hydrogens is 718 g/mol. The molecule has 55 heavy (non-hydrogen) atoms. The molecule has 1 fully saturated rings. The highest BCUT2D eigenvalue weighted by Crippen LogP contribution is 2.15. The summed E-state index contributed by atoms with van der Waals surface area (Å²) in [6, 6.07) is -5.50. The molecule has 5 atom stereocenters. The lowest BCUT2D eigenvalue weighted by molar-refractivity contribution is -0.151. The zero-order valence-corrected chi connectivity index (χ0v) is 32.0. The Morgan fingerprint density at radius 3 is 1.96 bits per heavy atom. The van der Waals surface area contributed by atoms with Crippen molar-refractivity contribution in [2.75, 3.05) is 26.4 Å². The van der Waals surface area contributed by atoms with Crippen LogP contribution < -0.4 is 26.6 Å². The Hall–Kier alpha value is -4.61. The number of aliphatic hydroxyl groups excluding tert-OH is 3. The van der Waals surface area contributed by atoms with Gasteiger partial charge >= 0.3 is 11.9 Å². The molecule has 17 heteroatoms. The van der Waals surface area contributed by atoms with Gasteiger partial charge in [-0.05, 0) is 69.8 Å². The Labute approximate surface area is 322 Å². The predicted molar refractivity (Wildman–Crippen MR) is 201 cm³/mol. The fourth-order valence-corrected chi connectivity index (χ4v) is 5.50.